The van der Waals surface area contributed by atoms with Crippen molar-refractivity contribution in [2.45, 2.75) is 57.9 Å². The second kappa shape index (κ2) is 7.05. The maximum atomic E-state index is 3.75. The first-order valence-electron chi connectivity index (χ1n) is 6.19. The molecule has 1 aliphatic carbocycles. The Morgan fingerprint density at radius 2 is 1.93 bits per heavy atom. The van der Waals surface area contributed by atoms with E-state index in [1.807, 2.05) is 6.08 Å². The van der Waals surface area contributed by atoms with Crippen LogP contribution >= 0.6 is 0 Å². The molecule has 0 amide bonds. The maximum absolute atomic E-state index is 3.75. The normalized spacial score (nSPS) is 21.5. The van der Waals surface area contributed by atoms with Gasteiger partial charge in [0.05, 0.1) is 0 Å². The first-order chi connectivity index (χ1) is 6.84. The van der Waals surface area contributed by atoms with Gasteiger partial charge in [0.25, 0.3) is 0 Å². The third kappa shape index (κ3) is 4.28. The van der Waals surface area contributed by atoms with E-state index in [0.717, 1.165) is 18.9 Å². The Morgan fingerprint density at radius 1 is 1.29 bits per heavy atom. The van der Waals surface area contributed by atoms with E-state index in [9.17, 15) is 0 Å². The SMILES string of the molecule is C=CCCN[C@H](C)C1CCCCCC1. The van der Waals surface area contributed by atoms with Gasteiger partial charge in [-0.1, -0.05) is 31.8 Å². The van der Waals surface area contributed by atoms with Gasteiger partial charge in [-0.15, -0.1) is 6.58 Å². The average molecular weight is 195 g/mol. The Bertz CT molecular complexity index is 145. The highest BCUT2D eigenvalue weighted by molar-refractivity contribution is 4.76. The molecule has 1 N–H and O–H groups in total. The fourth-order valence-corrected chi connectivity index (χ4v) is 2.39. The summed E-state index contributed by atoms with van der Waals surface area (Å²) in [4.78, 5) is 0. The van der Waals surface area contributed by atoms with Gasteiger partial charge in [0.15, 0.2) is 0 Å². The maximum Gasteiger partial charge on any atom is 0.00671 e. The fourth-order valence-electron chi connectivity index (χ4n) is 2.39. The highest BCUT2D eigenvalue weighted by atomic mass is 14.9. The predicted octanol–water partition coefficient (Wildman–Crippen LogP) is 3.51. The summed E-state index contributed by atoms with van der Waals surface area (Å²) in [5.41, 5.74) is 0. The van der Waals surface area contributed by atoms with Gasteiger partial charge >= 0.3 is 0 Å². The lowest BCUT2D eigenvalue weighted by Gasteiger charge is -2.23. The van der Waals surface area contributed by atoms with Crippen molar-refractivity contribution in [2.24, 2.45) is 5.92 Å². The van der Waals surface area contributed by atoms with Crippen LogP contribution in [0.3, 0.4) is 0 Å². The molecule has 0 spiro atoms. The largest absolute Gasteiger partial charge is 0.314 e. The molecule has 1 rings (SSSR count). The van der Waals surface area contributed by atoms with Gasteiger partial charge in [-0.3, -0.25) is 0 Å². The van der Waals surface area contributed by atoms with Gasteiger partial charge in [0.1, 0.15) is 0 Å². The van der Waals surface area contributed by atoms with Gasteiger partial charge in [0.2, 0.25) is 0 Å². The Labute approximate surface area is 89.0 Å². The third-order valence-electron chi connectivity index (χ3n) is 3.42. The highest BCUT2D eigenvalue weighted by Crippen LogP contribution is 2.25. The van der Waals surface area contributed by atoms with Crippen molar-refractivity contribution >= 4 is 0 Å². The summed E-state index contributed by atoms with van der Waals surface area (Å²) in [5, 5.41) is 3.61. The molecule has 0 aromatic heterocycles. The van der Waals surface area contributed by atoms with Crippen molar-refractivity contribution in [2.75, 3.05) is 6.54 Å². The first kappa shape index (κ1) is 11.8. The van der Waals surface area contributed by atoms with Crippen LogP contribution in [0.25, 0.3) is 0 Å². The van der Waals surface area contributed by atoms with Crippen LogP contribution in [0.4, 0.5) is 0 Å². The molecule has 82 valence electrons. The number of rotatable bonds is 5. The first-order valence-corrected chi connectivity index (χ1v) is 6.19. The second-order valence-corrected chi connectivity index (χ2v) is 4.57. The molecule has 0 saturated heterocycles. The van der Waals surface area contributed by atoms with Gasteiger partial charge in [-0.05, 0) is 38.6 Å². The molecule has 0 bridgehead atoms. The smallest absolute Gasteiger partial charge is 0.00671 e. The number of hydrogen-bond acceptors (Lipinski definition) is 1. The van der Waals surface area contributed by atoms with E-state index in [-0.39, 0.29) is 0 Å². The average Bonchev–Trinajstić information content (AvgIpc) is 2.46. The molecule has 0 aromatic rings. The van der Waals surface area contributed by atoms with Crippen molar-refractivity contribution in [3.63, 3.8) is 0 Å². The highest BCUT2D eigenvalue weighted by Gasteiger charge is 2.17. The molecule has 0 heterocycles. The molecule has 1 heteroatoms. The summed E-state index contributed by atoms with van der Waals surface area (Å²) in [7, 11) is 0. The molecule has 14 heavy (non-hydrogen) atoms. The molecule has 0 unspecified atom stereocenters. The van der Waals surface area contributed by atoms with E-state index < -0.39 is 0 Å². The molecular formula is C13H25N. The lowest BCUT2D eigenvalue weighted by molar-refractivity contribution is 0.340. The van der Waals surface area contributed by atoms with E-state index in [0.29, 0.717) is 6.04 Å². The Morgan fingerprint density at radius 3 is 2.50 bits per heavy atom. The minimum atomic E-state index is 0.702. The van der Waals surface area contributed by atoms with Crippen molar-refractivity contribution < 1.29 is 0 Å². The summed E-state index contributed by atoms with van der Waals surface area (Å²) in [5.74, 6) is 0.919. The predicted molar refractivity (Wildman–Crippen MR) is 63.5 cm³/mol. The fraction of sp³-hybridized carbons (Fsp3) is 0.846. The molecule has 0 aliphatic heterocycles. The molecule has 1 aliphatic rings. The van der Waals surface area contributed by atoms with Crippen molar-refractivity contribution in [3.05, 3.63) is 12.7 Å². The molecule has 1 nitrogen and oxygen atoms in total. The lowest BCUT2D eigenvalue weighted by Crippen LogP contribution is -2.33. The van der Waals surface area contributed by atoms with E-state index in [2.05, 4.69) is 18.8 Å². The van der Waals surface area contributed by atoms with E-state index in [1.54, 1.807) is 0 Å². The Balaban J connectivity index is 2.19. The minimum Gasteiger partial charge on any atom is -0.314 e. The van der Waals surface area contributed by atoms with Crippen LogP contribution in [0.1, 0.15) is 51.9 Å². The van der Waals surface area contributed by atoms with E-state index in [1.165, 1.54) is 38.5 Å². The topological polar surface area (TPSA) is 12.0 Å². The van der Waals surface area contributed by atoms with Crippen molar-refractivity contribution in [1.82, 2.24) is 5.32 Å². The molecular weight excluding hydrogens is 170 g/mol. The van der Waals surface area contributed by atoms with Crippen LogP contribution in [0, 0.1) is 5.92 Å². The zero-order chi connectivity index (χ0) is 10.2. The van der Waals surface area contributed by atoms with Crippen LogP contribution in [-0.2, 0) is 0 Å². The molecule has 0 radical (unpaired) electrons. The summed E-state index contributed by atoms with van der Waals surface area (Å²) in [6, 6.07) is 0.702. The molecule has 1 saturated carbocycles. The number of nitrogens with one attached hydrogen (secondary N) is 1. The van der Waals surface area contributed by atoms with Crippen LogP contribution in [0.5, 0.6) is 0 Å². The minimum absolute atomic E-state index is 0.702. The molecule has 1 atom stereocenters. The van der Waals surface area contributed by atoms with Crippen LogP contribution in [0.2, 0.25) is 0 Å². The van der Waals surface area contributed by atoms with Crippen molar-refractivity contribution in [3.8, 4) is 0 Å². The molecule has 1 fully saturated rings. The van der Waals surface area contributed by atoms with E-state index in [4.69, 9.17) is 0 Å². The van der Waals surface area contributed by atoms with Gasteiger partial charge < -0.3 is 5.32 Å². The standard InChI is InChI=1S/C13H25N/c1-3-4-11-14-12(2)13-9-7-5-6-8-10-13/h3,12-14H,1,4-11H2,2H3/t12-/m1/s1. The van der Waals surface area contributed by atoms with Crippen LogP contribution in [-0.4, -0.2) is 12.6 Å². The second-order valence-electron chi connectivity index (χ2n) is 4.57. The molecule has 0 aromatic carbocycles. The monoisotopic (exact) mass is 195 g/mol. The van der Waals surface area contributed by atoms with Gasteiger partial charge in [0, 0.05) is 6.04 Å². The third-order valence-corrected chi connectivity index (χ3v) is 3.42. The van der Waals surface area contributed by atoms with Crippen LogP contribution < -0.4 is 5.32 Å². The number of hydrogen-bond donors (Lipinski definition) is 1. The lowest BCUT2D eigenvalue weighted by atomic mass is 9.93. The quantitative estimate of drug-likeness (QED) is 0.402. The van der Waals surface area contributed by atoms with Crippen LogP contribution in [0.15, 0.2) is 12.7 Å². The van der Waals surface area contributed by atoms with Gasteiger partial charge in [-0.2, -0.15) is 0 Å². The summed E-state index contributed by atoms with van der Waals surface area (Å²) >= 11 is 0. The summed E-state index contributed by atoms with van der Waals surface area (Å²) in [6.45, 7) is 7.19. The zero-order valence-corrected chi connectivity index (χ0v) is 9.60. The zero-order valence-electron chi connectivity index (χ0n) is 9.60. The summed E-state index contributed by atoms with van der Waals surface area (Å²) < 4.78 is 0. The van der Waals surface area contributed by atoms with Gasteiger partial charge in [-0.25, -0.2) is 0 Å². The Hall–Kier alpha value is -0.300. The summed E-state index contributed by atoms with van der Waals surface area (Å²) in [6.07, 6.45) is 11.7. The van der Waals surface area contributed by atoms with E-state index >= 15 is 0 Å². The van der Waals surface area contributed by atoms with Crippen molar-refractivity contribution in [1.29, 1.82) is 0 Å². The Kier molecular flexibility index (Phi) is 5.93.